The van der Waals surface area contributed by atoms with E-state index in [0.29, 0.717) is 28.4 Å². The van der Waals surface area contributed by atoms with Crippen LogP contribution in [0.2, 0.25) is 5.02 Å². The highest BCUT2D eigenvalue weighted by molar-refractivity contribution is 6.31. The third kappa shape index (κ3) is 3.76. The number of allylic oxidation sites excluding steroid dienone is 1. The smallest absolute Gasteiger partial charge is 0.340 e. The van der Waals surface area contributed by atoms with Gasteiger partial charge in [0.05, 0.1) is 43.2 Å². The number of esters is 1. The number of nitrogens with zero attached hydrogens (tertiary/aromatic N) is 1. The van der Waals surface area contributed by atoms with E-state index in [2.05, 4.69) is 0 Å². The minimum Gasteiger partial charge on any atom is -0.497 e. The first kappa shape index (κ1) is 21.4. The van der Waals surface area contributed by atoms with Crippen molar-refractivity contribution in [1.29, 1.82) is 0 Å². The average molecular weight is 432 g/mol. The Morgan fingerprint density at radius 2 is 1.83 bits per heavy atom. The van der Waals surface area contributed by atoms with Crippen molar-refractivity contribution in [2.75, 3.05) is 26.2 Å². The van der Waals surface area contributed by atoms with Crippen LogP contribution in [0.15, 0.2) is 53.2 Å². The molecule has 30 heavy (non-hydrogen) atoms. The summed E-state index contributed by atoms with van der Waals surface area (Å²) in [4.78, 5) is 27.1. The Hall–Kier alpha value is -3.32. The van der Waals surface area contributed by atoms with Crippen molar-refractivity contribution in [2.45, 2.75) is 6.92 Å². The van der Waals surface area contributed by atoms with Crippen molar-refractivity contribution in [3.63, 3.8) is 0 Å². The first-order valence-electron chi connectivity index (χ1n) is 8.85. The zero-order chi connectivity index (χ0) is 22.0. The first-order chi connectivity index (χ1) is 14.3. The molecule has 1 amide bonds. The number of ether oxygens (including phenoxy) is 3. The maximum Gasteiger partial charge on any atom is 0.340 e. The minimum absolute atomic E-state index is 0.0980. The fraction of sp³-hybridized carbons (Fsp3) is 0.182. The number of hydrogen-bond donors (Lipinski definition) is 0. The molecule has 0 aliphatic carbocycles. The topological polar surface area (TPSA) is 65.1 Å². The molecule has 0 saturated carbocycles. The van der Waals surface area contributed by atoms with E-state index in [9.17, 15) is 14.0 Å². The highest BCUT2D eigenvalue weighted by atomic mass is 35.5. The van der Waals surface area contributed by atoms with E-state index in [0.717, 1.165) is 6.07 Å². The summed E-state index contributed by atoms with van der Waals surface area (Å²) >= 11 is 5.88. The molecule has 0 bridgehead atoms. The van der Waals surface area contributed by atoms with Gasteiger partial charge in [0, 0.05) is 17.3 Å². The molecule has 6 nitrogen and oxygen atoms in total. The number of rotatable bonds is 5. The Morgan fingerprint density at radius 3 is 2.43 bits per heavy atom. The molecular weight excluding hydrogens is 413 g/mol. The summed E-state index contributed by atoms with van der Waals surface area (Å²) in [5, 5.41) is -0.137. The van der Waals surface area contributed by atoms with Gasteiger partial charge >= 0.3 is 5.97 Å². The molecule has 0 aromatic heterocycles. The standard InChI is InChI=1S/C22H19ClFNO5/c1-12-20(22(27)30-4)16(9-13-5-7-15(28-2)11-19(13)29-3)21(26)25(12)14-6-8-18(24)17(23)10-14/h5-11H,1-4H3/b16-9-. The van der Waals surface area contributed by atoms with Crippen LogP contribution in [0, 0.1) is 5.82 Å². The second-order valence-electron chi connectivity index (χ2n) is 6.36. The minimum atomic E-state index is -0.671. The van der Waals surface area contributed by atoms with E-state index in [1.165, 1.54) is 38.4 Å². The summed E-state index contributed by atoms with van der Waals surface area (Å²) < 4.78 is 29.1. The van der Waals surface area contributed by atoms with Crippen molar-refractivity contribution in [2.24, 2.45) is 0 Å². The summed E-state index contributed by atoms with van der Waals surface area (Å²) in [6.45, 7) is 1.60. The molecule has 0 unspecified atom stereocenters. The molecule has 2 aromatic carbocycles. The zero-order valence-electron chi connectivity index (χ0n) is 16.8. The molecule has 0 N–H and O–H groups in total. The lowest BCUT2D eigenvalue weighted by Crippen LogP contribution is -2.24. The predicted octanol–water partition coefficient (Wildman–Crippen LogP) is 4.37. The molecule has 156 valence electrons. The number of amides is 1. The normalized spacial score (nSPS) is 15.1. The van der Waals surface area contributed by atoms with Gasteiger partial charge in [-0.1, -0.05) is 11.6 Å². The van der Waals surface area contributed by atoms with E-state index >= 15 is 0 Å². The molecule has 8 heteroatoms. The molecule has 2 aromatic rings. The van der Waals surface area contributed by atoms with Crippen molar-refractivity contribution >= 4 is 35.2 Å². The van der Waals surface area contributed by atoms with E-state index in [1.807, 2.05) is 0 Å². The molecule has 1 heterocycles. The van der Waals surface area contributed by atoms with Crippen LogP contribution in [0.3, 0.4) is 0 Å². The Morgan fingerprint density at radius 1 is 1.10 bits per heavy atom. The lowest BCUT2D eigenvalue weighted by Gasteiger charge is -2.18. The van der Waals surface area contributed by atoms with Gasteiger partial charge < -0.3 is 14.2 Å². The molecule has 3 rings (SSSR count). The van der Waals surface area contributed by atoms with Gasteiger partial charge in [0.1, 0.15) is 17.3 Å². The molecule has 0 spiro atoms. The SMILES string of the molecule is COC(=O)C1=C(C)N(c2ccc(F)c(Cl)c2)C(=O)/C1=C\c1ccc(OC)cc1OC. The second-order valence-corrected chi connectivity index (χ2v) is 6.76. The number of anilines is 1. The zero-order valence-corrected chi connectivity index (χ0v) is 17.5. The van der Waals surface area contributed by atoms with Crippen LogP contribution >= 0.6 is 11.6 Å². The second kappa shape index (κ2) is 8.59. The highest BCUT2D eigenvalue weighted by Gasteiger charge is 2.38. The van der Waals surface area contributed by atoms with Gasteiger partial charge in [0.15, 0.2) is 0 Å². The monoisotopic (exact) mass is 431 g/mol. The van der Waals surface area contributed by atoms with Gasteiger partial charge in [-0.25, -0.2) is 9.18 Å². The van der Waals surface area contributed by atoms with Crippen molar-refractivity contribution in [3.05, 3.63) is 69.6 Å². The van der Waals surface area contributed by atoms with E-state index < -0.39 is 17.7 Å². The molecule has 0 fully saturated rings. The van der Waals surface area contributed by atoms with Crippen molar-refractivity contribution < 1.29 is 28.2 Å². The van der Waals surface area contributed by atoms with Gasteiger partial charge in [0.25, 0.3) is 5.91 Å². The molecule has 0 saturated heterocycles. The summed E-state index contributed by atoms with van der Waals surface area (Å²) in [5.41, 5.74) is 1.45. The van der Waals surface area contributed by atoms with Crippen molar-refractivity contribution in [3.8, 4) is 11.5 Å². The summed E-state index contributed by atoms with van der Waals surface area (Å²) in [7, 11) is 4.25. The van der Waals surface area contributed by atoms with E-state index in [1.54, 1.807) is 31.2 Å². The van der Waals surface area contributed by atoms with Crippen LogP contribution in [0.1, 0.15) is 12.5 Å². The third-order valence-electron chi connectivity index (χ3n) is 4.69. The quantitative estimate of drug-likeness (QED) is 0.519. The fourth-order valence-electron chi connectivity index (χ4n) is 3.21. The lowest BCUT2D eigenvalue weighted by molar-refractivity contribution is -0.136. The Kier molecular flexibility index (Phi) is 6.12. The molecular formula is C22H19ClFNO5. The van der Waals surface area contributed by atoms with Crippen LogP contribution < -0.4 is 14.4 Å². The lowest BCUT2D eigenvalue weighted by atomic mass is 10.0. The molecule has 1 aliphatic heterocycles. The number of methoxy groups -OCH3 is 3. The summed E-state index contributed by atoms with van der Waals surface area (Å²) in [6.07, 6.45) is 1.54. The van der Waals surface area contributed by atoms with Crippen LogP contribution in [0.25, 0.3) is 6.08 Å². The number of hydrogen-bond acceptors (Lipinski definition) is 5. The summed E-state index contributed by atoms with van der Waals surface area (Å²) in [5.74, 6) is -0.724. The first-order valence-corrected chi connectivity index (χ1v) is 9.23. The fourth-order valence-corrected chi connectivity index (χ4v) is 3.38. The van der Waals surface area contributed by atoms with Gasteiger partial charge in [-0.05, 0) is 43.3 Å². The molecule has 0 radical (unpaired) electrons. The highest BCUT2D eigenvalue weighted by Crippen LogP contribution is 2.38. The van der Waals surface area contributed by atoms with Gasteiger partial charge in [-0.2, -0.15) is 0 Å². The Bertz CT molecular complexity index is 1090. The number of halogens is 2. The van der Waals surface area contributed by atoms with Crippen LogP contribution in [0.5, 0.6) is 11.5 Å². The van der Waals surface area contributed by atoms with Crippen molar-refractivity contribution in [1.82, 2.24) is 0 Å². The number of carbonyl (C=O) groups excluding carboxylic acids is 2. The van der Waals surface area contributed by atoms with Gasteiger partial charge in [-0.3, -0.25) is 9.69 Å². The van der Waals surface area contributed by atoms with Crippen LogP contribution in [-0.2, 0) is 14.3 Å². The molecule has 0 atom stereocenters. The van der Waals surface area contributed by atoms with Gasteiger partial charge in [0.2, 0.25) is 0 Å². The number of carbonyl (C=O) groups is 2. The number of benzene rings is 2. The van der Waals surface area contributed by atoms with Crippen LogP contribution in [-0.4, -0.2) is 33.2 Å². The van der Waals surface area contributed by atoms with Gasteiger partial charge in [-0.15, -0.1) is 0 Å². The van der Waals surface area contributed by atoms with E-state index in [-0.39, 0.29) is 16.2 Å². The maximum absolute atomic E-state index is 13.6. The van der Waals surface area contributed by atoms with E-state index in [4.69, 9.17) is 25.8 Å². The van der Waals surface area contributed by atoms with Crippen LogP contribution in [0.4, 0.5) is 10.1 Å². The maximum atomic E-state index is 13.6. The predicted molar refractivity (Wildman–Crippen MR) is 111 cm³/mol. The third-order valence-corrected chi connectivity index (χ3v) is 4.98. The summed E-state index contributed by atoms with van der Waals surface area (Å²) in [6, 6.07) is 8.97. The Labute approximate surface area is 178 Å². The molecule has 1 aliphatic rings. The largest absolute Gasteiger partial charge is 0.497 e. The average Bonchev–Trinajstić information content (AvgIpc) is 2.99. The Balaban J connectivity index is 2.17.